The van der Waals surface area contributed by atoms with E-state index in [0.717, 1.165) is 10.0 Å². The molecule has 0 aliphatic carbocycles. The van der Waals surface area contributed by atoms with Crippen molar-refractivity contribution in [1.82, 2.24) is 4.90 Å². The van der Waals surface area contributed by atoms with Crippen LogP contribution in [0.25, 0.3) is 0 Å². The van der Waals surface area contributed by atoms with Crippen LogP contribution in [0.1, 0.15) is 28.4 Å². The molecule has 2 aromatic carbocycles. The Morgan fingerprint density at radius 3 is 2.62 bits per heavy atom. The largest absolute Gasteiger partial charge is 0.398 e. The molecule has 4 heteroatoms. The van der Waals surface area contributed by atoms with Gasteiger partial charge in [-0.15, -0.1) is 0 Å². The second-order valence-corrected chi connectivity index (χ2v) is 5.96. The first-order valence-electron chi connectivity index (χ1n) is 6.91. The zero-order chi connectivity index (χ0) is 15.4. The molecule has 2 N–H and O–H groups in total. The number of hydrogen-bond donors (Lipinski definition) is 1. The Kier molecular flexibility index (Phi) is 5.02. The molecule has 0 atom stereocenters. The lowest BCUT2D eigenvalue weighted by molar-refractivity contribution is 0.0753. The number of carbonyl (C=O) groups excluding carboxylic acids is 1. The minimum atomic E-state index is -0.0380. The summed E-state index contributed by atoms with van der Waals surface area (Å²) in [5.41, 5.74) is 9.32. The molecule has 21 heavy (non-hydrogen) atoms. The van der Waals surface area contributed by atoms with Gasteiger partial charge in [0.15, 0.2) is 0 Å². The molecule has 0 bridgehead atoms. The molecule has 0 fully saturated rings. The average molecular weight is 347 g/mol. The molecular weight excluding hydrogens is 328 g/mol. The van der Waals surface area contributed by atoms with Crippen LogP contribution >= 0.6 is 15.9 Å². The van der Waals surface area contributed by atoms with E-state index in [-0.39, 0.29) is 5.91 Å². The minimum absolute atomic E-state index is 0.0380. The van der Waals surface area contributed by atoms with Crippen LogP contribution in [0.4, 0.5) is 5.69 Å². The van der Waals surface area contributed by atoms with Gasteiger partial charge in [0.05, 0.1) is 5.56 Å². The molecule has 2 rings (SSSR count). The van der Waals surface area contributed by atoms with Gasteiger partial charge in [-0.25, -0.2) is 0 Å². The lowest BCUT2D eigenvalue weighted by Crippen LogP contribution is -2.30. The summed E-state index contributed by atoms with van der Waals surface area (Å²) in [7, 11) is 0. The predicted octanol–water partition coefficient (Wildman–Crippen LogP) is 4.00. The van der Waals surface area contributed by atoms with Crippen LogP contribution in [-0.4, -0.2) is 17.4 Å². The van der Waals surface area contributed by atoms with E-state index in [1.165, 1.54) is 5.56 Å². The summed E-state index contributed by atoms with van der Waals surface area (Å²) in [4.78, 5) is 14.4. The SMILES string of the molecule is CCN(Cc1cccc(C)c1)C(=O)c1ccc(Br)cc1N. The van der Waals surface area contributed by atoms with Gasteiger partial charge >= 0.3 is 0 Å². The highest BCUT2D eigenvalue weighted by Gasteiger charge is 2.17. The average Bonchev–Trinajstić information content (AvgIpc) is 2.44. The number of nitrogen functional groups attached to an aromatic ring is 1. The van der Waals surface area contributed by atoms with Crippen LogP contribution in [0.3, 0.4) is 0 Å². The van der Waals surface area contributed by atoms with Crippen molar-refractivity contribution in [2.45, 2.75) is 20.4 Å². The molecule has 0 aliphatic rings. The fourth-order valence-corrected chi connectivity index (χ4v) is 2.64. The second kappa shape index (κ2) is 6.76. The maximum Gasteiger partial charge on any atom is 0.256 e. The molecule has 0 aromatic heterocycles. The van der Waals surface area contributed by atoms with Crippen molar-refractivity contribution < 1.29 is 4.79 Å². The van der Waals surface area contributed by atoms with Crippen LogP contribution in [0.5, 0.6) is 0 Å². The number of nitrogens with two attached hydrogens (primary N) is 1. The number of anilines is 1. The number of hydrogen-bond acceptors (Lipinski definition) is 2. The number of rotatable bonds is 4. The highest BCUT2D eigenvalue weighted by Crippen LogP contribution is 2.21. The zero-order valence-corrected chi connectivity index (χ0v) is 13.9. The monoisotopic (exact) mass is 346 g/mol. The van der Waals surface area contributed by atoms with Gasteiger partial charge < -0.3 is 10.6 Å². The number of halogens is 1. The summed E-state index contributed by atoms with van der Waals surface area (Å²) < 4.78 is 0.873. The number of nitrogens with zero attached hydrogens (tertiary/aromatic N) is 1. The molecule has 110 valence electrons. The molecule has 0 aliphatic heterocycles. The topological polar surface area (TPSA) is 46.3 Å². The van der Waals surface area contributed by atoms with E-state index in [4.69, 9.17) is 5.73 Å². The zero-order valence-electron chi connectivity index (χ0n) is 12.3. The van der Waals surface area contributed by atoms with Gasteiger partial charge in [-0.3, -0.25) is 4.79 Å². The summed E-state index contributed by atoms with van der Waals surface area (Å²) in [6.07, 6.45) is 0. The summed E-state index contributed by atoms with van der Waals surface area (Å²) >= 11 is 3.36. The molecular formula is C17H19BrN2O. The quantitative estimate of drug-likeness (QED) is 0.850. The summed E-state index contributed by atoms with van der Waals surface area (Å²) in [5, 5.41) is 0. The number of aryl methyl sites for hydroxylation is 1. The van der Waals surface area contributed by atoms with E-state index >= 15 is 0 Å². The fraction of sp³-hybridized carbons (Fsp3) is 0.235. The van der Waals surface area contributed by atoms with E-state index in [9.17, 15) is 4.79 Å². The van der Waals surface area contributed by atoms with Crippen LogP contribution in [0.2, 0.25) is 0 Å². The Hall–Kier alpha value is -1.81. The Morgan fingerprint density at radius 1 is 1.24 bits per heavy atom. The van der Waals surface area contributed by atoms with Gasteiger partial charge in [0, 0.05) is 23.2 Å². The van der Waals surface area contributed by atoms with E-state index in [1.807, 2.05) is 38.1 Å². The third-order valence-corrected chi connectivity index (χ3v) is 3.86. The molecule has 0 spiro atoms. The van der Waals surface area contributed by atoms with Crippen LogP contribution in [0.15, 0.2) is 46.9 Å². The first-order valence-corrected chi connectivity index (χ1v) is 7.70. The summed E-state index contributed by atoms with van der Waals surface area (Å²) in [6.45, 7) is 5.26. The van der Waals surface area contributed by atoms with Crippen molar-refractivity contribution in [2.75, 3.05) is 12.3 Å². The number of carbonyl (C=O) groups is 1. The Bertz CT molecular complexity index is 655. The maximum atomic E-state index is 12.6. The number of benzene rings is 2. The second-order valence-electron chi connectivity index (χ2n) is 5.04. The molecule has 0 saturated heterocycles. The first-order chi connectivity index (χ1) is 10.0. The smallest absolute Gasteiger partial charge is 0.256 e. The molecule has 0 saturated carbocycles. The lowest BCUT2D eigenvalue weighted by atomic mass is 10.1. The highest BCUT2D eigenvalue weighted by molar-refractivity contribution is 9.10. The van der Waals surface area contributed by atoms with Gasteiger partial charge in [0.1, 0.15) is 0 Å². The first kappa shape index (κ1) is 15.6. The van der Waals surface area contributed by atoms with Crippen molar-refractivity contribution in [1.29, 1.82) is 0 Å². The van der Waals surface area contributed by atoms with Crippen molar-refractivity contribution in [3.63, 3.8) is 0 Å². The number of amides is 1. The van der Waals surface area contributed by atoms with Crippen molar-refractivity contribution in [2.24, 2.45) is 0 Å². The van der Waals surface area contributed by atoms with Crippen LogP contribution < -0.4 is 5.73 Å². The van der Waals surface area contributed by atoms with E-state index in [2.05, 4.69) is 22.0 Å². The maximum absolute atomic E-state index is 12.6. The molecule has 0 unspecified atom stereocenters. The Morgan fingerprint density at radius 2 is 2.00 bits per heavy atom. The Balaban J connectivity index is 2.22. The normalized spacial score (nSPS) is 10.4. The van der Waals surface area contributed by atoms with Crippen molar-refractivity contribution in [3.05, 3.63) is 63.6 Å². The Labute approximate surface area is 133 Å². The van der Waals surface area contributed by atoms with Gasteiger partial charge in [-0.2, -0.15) is 0 Å². The van der Waals surface area contributed by atoms with Gasteiger partial charge in [-0.1, -0.05) is 45.8 Å². The van der Waals surface area contributed by atoms with E-state index < -0.39 is 0 Å². The van der Waals surface area contributed by atoms with Crippen LogP contribution in [0, 0.1) is 6.92 Å². The predicted molar refractivity (Wildman–Crippen MR) is 90.1 cm³/mol. The third-order valence-electron chi connectivity index (χ3n) is 3.37. The van der Waals surface area contributed by atoms with E-state index in [0.29, 0.717) is 24.3 Å². The fourth-order valence-electron chi connectivity index (χ4n) is 2.26. The van der Waals surface area contributed by atoms with E-state index in [1.54, 1.807) is 17.0 Å². The lowest BCUT2D eigenvalue weighted by Gasteiger charge is -2.22. The molecule has 0 radical (unpaired) electrons. The molecule has 1 amide bonds. The van der Waals surface area contributed by atoms with Crippen LogP contribution in [-0.2, 0) is 6.54 Å². The highest BCUT2D eigenvalue weighted by atomic mass is 79.9. The standard InChI is InChI=1S/C17H19BrN2O/c1-3-20(11-13-6-4-5-12(2)9-13)17(21)15-8-7-14(18)10-16(15)19/h4-10H,3,11,19H2,1-2H3. The molecule has 2 aromatic rings. The molecule has 0 heterocycles. The third kappa shape index (κ3) is 3.85. The van der Waals surface area contributed by atoms with Gasteiger partial charge in [0.2, 0.25) is 0 Å². The molecule has 3 nitrogen and oxygen atoms in total. The van der Waals surface area contributed by atoms with Crippen molar-refractivity contribution in [3.8, 4) is 0 Å². The van der Waals surface area contributed by atoms with Crippen molar-refractivity contribution >= 4 is 27.5 Å². The van der Waals surface area contributed by atoms with Gasteiger partial charge in [0.25, 0.3) is 5.91 Å². The minimum Gasteiger partial charge on any atom is -0.398 e. The van der Waals surface area contributed by atoms with Gasteiger partial charge in [-0.05, 0) is 37.6 Å². The summed E-state index contributed by atoms with van der Waals surface area (Å²) in [5.74, 6) is -0.0380. The summed E-state index contributed by atoms with van der Waals surface area (Å²) in [6, 6.07) is 13.6.